The van der Waals surface area contributed by atoms with E-state index in [1.54, 1.807) is 34.8 Å². The molecule has 0 spiro atoms. The minimum absolute atomic E-state index is 0.000351. The van der Waals surface area contributed by atoms with E-state index >= 15 is 0 Å². The van der Waals surface area contributed by atoms with E-state index in [1.807, 2.05) is 12.1 Å². The zero-order valence-corrected chi connectivity index (χ0v) is 15.4. The molecule has 3 aromatic rings. The monoisotopic (exact) mass is 377 g/mol. The number of halogens is 1. The van der Waals surface area contributed by atoms with Crippen LogP contribution in [-0.2, 0) is 17.9 Å². The quantitative estimate of drug-likeness (QED) is 0.647. The van der Waals surface area contributed by atoms with Gasteiger partial charge in [-0.05, 0) is 41.1 Å². The van der Waals surface area contributed by atoms with E-state index in [0.29, 0.717) is 11.6 Å². The SMILES string of the molecule is O=C(C[NH+](Cc1cccs1)Cc1cccs1)Nc1cccc(Cl)c1. The van der Waals surface area contributed by atoms with Crippen LogP contribution in [0.3, 0.4) is 0 Å². The third kappa shape index (κ3) is 5.18. The number of nitrogens with one attached hydrogen (secondary N) is 2. The minimum Gasteiger partial charge on any atom is -0.321 e. The third-order valence-electron chi connectivity index (χ3n) is 3.53. The molecule has 2 aromatic heterocycles. The number of carbonyl (C=O) groups excluding carboxylic acids is 1. The lowest BCUT2D eigenvalue weighted by atomic mass is 10.3. The highest BCUT2D eigenvalue weighted by Gasteiger charge is 2.17. The van der Waals surface area contributed by atoms with Crippen LogP contribution in [0.5, 0.6) is 0 Å². The summed E-state index contributed by atoms with van der Waals surface area (Å²) >= 11 is 9.43. The molecule has 0 saturated heterocycles. The highest BCUT2D eigenvalue weighted by molar-refractivity contribution is 7.10. The number of quaternary nitrogens is 1. The Balaban J connectivity index is 1.64. The number of anilines is 1. The zero-order valence-electron chi connectivity index (χ0n) is 13.0. The van der Waals surface area contributed by atoms with Crippen molar-refractivity contribution >= 4 is 45.9 Å². The Labute approximate surface area is 154 Å². The molecule has 0 radical (unpaired) electrons. The largest absolute Gasteiger partial charge is 0.321 e. The molecule has 124 valence electrons. The van der Waals surface area contributed by atoms with Crippen LogP contribution in [0, 0.1) is 0 Å². The van der Waals surface area contributed by atoms with Gasteiger partial charge in [-0.15, -0.1) is 22.7 Å². The molecule has 2 N–H and O–H groups in total. The summed E-state index contributed by atoms with van der Waals surface area (Å²) in [4.78, 5) is 16.2. The highest BCUT2D eigenvalue weighted by Crippen LogP contribution is 2.14. The maximum absolute atomic E-state index is 12.4. The number of hydrogen-bond donors (Lipinski definition) is 2. The van der Waals surface area contributed by atoms with E-state index in [9.17, 15) is 4.79 Å². The molecule has 3 nitrogen and oxygen atoms in total. The molecule has 1 aromatic carbocycles. The topological polar surface area (TPSA) is 33.5 Å². The van der Waals surface area contributed by atoms with E-state index in [4.69, 9.17) is 11.6 Å². The molecule has 0 unspecified atom stereocenters. The maximum atomic E-state index is 12.4. The summed E-state index contributed by atoms with van der Waals surface area (Å²) in [5, 5.41) is 7.70. The predicted molar refractivity (Wildman–Crippen MR) is 102 cm³/mol. The third-order valence-corrected chi connectivity index (χ3v) is 5.52. The van der Waals surface area contributed by atoms with Gasteiger partial charge in [0.2, 0.25) is 0 Å². The van der Waals surface area contributed by atoms with Crippen LogP contribution < -0.4 is 10.2 Å². The van der Waals surface area contributed by atoms with E-state index in [0.717, 1.165) is 18.8 Å². The van der Waals surface area contributed by atoms with Crippen molar-refractivity contribution in [2.75, 3.05) is 11.9 Å². The van der Waals surface area contributed by atoms with Gasteiger partial charge in [-0.2, -0.15) is 0 Å². The lowest BCUT2D eigenvalue weighted by Gasteiger charge is -2.18. The summed E-state index contributed by atoms with van der Waals surface area (Å²) < 4.78 is 0. The smallest absolute Gasteiger partial charge is 0.279 e. The van der Waals surface area contributed by atoms with Crippen LogP contribution in [-0.4, -0.2) is 12.5 Å². The van der Waals surface area contributed by atoms with Crippen molar-refractivity contribution in [3.8, 4) is 0 Å². The standard InChI is InChI=1S/C18H17ClN2OS2/c19-14-4-1-5-15(10-14)20-18(22)13-21(11-16-6-2-8-23-16)12-17-7-3-9-24-17/h1-10H,11-13H2,(H,20,22)/p+1. The summed E-state index contributed by atoms with van der Waals surface area (Å²) in [7, 11) is 0. The molecule has 0 aliphatic carbocycles. The van der Waals surface area contributed by atoms with E-state index in [1.165, 1.54) is 14.7 Å². The van der Waals surface area contributed by atoms with Crippen molar-refractivity contribution in [2.45, 2.75) is 13.1 Å². The fraction of sp³-hybridized carbons (Fsp3) is 0.167. The lowest BCUT2D eigenvalue weighted by molar-refractivity contribution is -0.918. The van der Waals surface area contributed by atoms with Crippen molar-refractivity contribution in [1.82, 2.24) is 0 Å². The molecule has 1 amide bonds. The van der Waals surface area contributed by atoms with Gasteiger partial charge in [-0.1, -0.05) is 29.8 Å². The van der Waals surface area contributed by atoms with Crippen molar-refractivity contribution in [3.05, 3.63) is 74.1 Å². The van der Waals surface area contributed by atoms with Gasteiger partial charge in [0.25, 0.3) is 5.91 Å². The van der Waals surface area contributed by atoms with Gasteiger partial charge in [0.05, 0.1) is 9.75 Å². The van der Waals surface area contributed by atoms with Gasteiger partial charge in [0.15, 0.2) is 6.54 Å². The van der Waals surface area contributed by atoms with Crippen LogP contribution in [0.4, 0.5) is 5.69 Å². The zero-order chi connectivity index (χ0) is 16.8. The van der Waals surface area contributed by atoms with Gasteiger partial charge in [-0.25, -0.2) is 0 Å². The molecular weight excluding hydrogens is 360 g/mol. The van der Waals surface area contributed by atoms with Gasteiger partial charge in [0.1, 0.15) is 13.1 Å². The van der Waals surface area contributed by atoms with Crippen molar-refractivity contribution in [3.63, 3.8) is 0 Å². The van der Waals surface area contributed by atoms with E-state index in [2.05, 4.69) is 40.3 Å². The first kappa shape index (κ1) is 17.2. The number of benzene rings is 1. The molecule has 0 fully saturated rings. The second kappa shape index (κ2) is 8.44. The fourth-order valence-corrected chi connectivity index (χ4v) is 4.25. The fourth-order valence-electron chi connectivity index (χ4n) is 2.51. The second-order valence-electron chi connectivity index (χ2n) is 5.50. The Morgan fingerprint density at radius 2 is 1.67 bits per heavy atom. The van der Waals surface area contributed by atoms with Crippen LogP contribution in [0.25, 0.3) is 0 Å². The summed E-state index contributed by atoms with van der Waals surface area (Å²) in [6.07, 6.45) is 0. The van der Waals surface area contributed by atoms with Gasteiger partial charge in [0, 0.05) is 10.7 Å². The van der Waals surface area contributed by atoms with Gasteiger partial charge < -0.3 is 10.2 Å². The maximum Gasteiger partial charge on any atom is 0.279 e. The Hall–Kier alpha value is -1.66. The van der Waals surface area contributed by atoms with E-state index in [-0.39, 0.29) is 5.91 Å². The average Bonchev–Trinajstić information content (AvgIpc) is 3.21. The van der Waals surface area contributed by atoms with Crippen LogP contribution in [0.1, 0.15) is 9.75 Å². The molecule has 0 aliphatic heterocycles. The first-order valence-electron chi connectivity index (χ1n) is 7.63. The minimum atomic E-state index is 0.000351. The van der Waals surface area contributed by atoms with Crippen molar-refractivity contribution in [1.29, 1.82) is 0 Å². The van der Waals surface area contributed by atoms with Gasteiger partial charge in [-0.3, -0.25) is 4.79 Å². The lowest BCUT2D eigenvalue weighted by Crippen LogP contribution is -3.10. The molecule has 24 heavy (non-hydrogen) atoms. The molecular formula is C18H18ClN2OS2+. The number of rotatable bonds is 7. The summed E-state index contributed by atoms with van der Waals surface area (Å²) in [6, 6.07) is 15.6. The van der Waals surface area contributed by atoms with E-state index < -0.39 is 0 Å². The Morgan fingerprint density at radius 1 is 1.00 bits per heavy atom. The predicted octanol–water partition coefficient (Wildman–Crippen LogP) is 3.69. The van der Waals surface area contributed by atoms with Crippen molar-refractivity contribution < 1.29 is 9.69 Å². The number of carbonyl (C=O) groups is 1. The number of amides is 1. The number of hydrogen-bond acceptors (Lipinski definition) is 3. The van der Waals surface area contributed by atoms with Crippen molar-refractivity contribution in [2.24, 2.45) is 0 Å². The molecule has 6 heteroatoms. The Morgan fingerprint density at radius 3 is 2.21 bits per heavy atom. The van der Waals surface area contributed by atoms with Crippen LogP contribution in [0.15, 0.2) is 59.3 Å². The van der Waals surface area contributed by atoms with Crippen LogP contribution in [0.2, 0.25) is 5.02 Å². The first-order chi connectivity index (χ1) is 11.7. The summed E-state index contributed by atoms with van der Waals surface area (Å²) in [6.45, 7) is 2.11. The normalized spacial score (nSPS) is 10.9. The second-order valence-corrected chi connectivity index (χ2v) is 8.00. The van der Waals surface area contributed by atoms with Crippen LogP contribution >= 0.6 is 34.3 Å². The summed E-state index contributed by atoms with van der Waals surface area (Å²) in [5.74, 6) is 0.000351. The summed E-state index contributed by atoms with van der Waals surface area (Å²) in [5.41, 5.74) is 0.735. The first-order valence-corrected chi connectivity index (χ1v) is 9.76. The molecule has 0 bridgehead atoms. The van der Waals surface area contributed by atoms with Gasteiger partial charge >= 0.3 is 0 Å². The molecule has 0 atom stereocenters. The number of thiophene rings is 2. The molecule has 0 aliphatic rings. The molecule has 3 rings (SSSR count). The molecule has 2 heterocycles. The average molecular weight is 378 g/mol. The Bertz CT molecular complexity index is 736. The highest BCUT2D eigenvalue weighted by atomic mass is 35.5. The Kier molecular flexibility index (Phi) is 6.04. The molecule has 0 saturated carbocycles.